The molecule has 0 radical (unpaired) electrons. The average Bonchev–Trinajstić information content (AvgIpc) is 2.48. The molecule has 4 nitrogen and oxygen atoms in total. The van der Waals surface area contributed by atoms with Crippen molar-refractivity contribution in [2.45, 2.75) is 0 Å². The molecule has 2 aromatic carbocycles. The number of ether oxygens (including phenoxy) is 1. The summed E-state index contributed by atoms with van der Waals surface area (Å²) < 4.78 is 31.8. The van der Waals surface area contributed by atoms with Crippen molar-refractivity contribution in [2.24, 2.45) is 0 Å². The lowest BCUT2D eigenvalue weighted by molar-refractivity contribution is 0.0942. The van der Waals surface area contributed by atoms with Gasteiger partial charge in [-0.2, -0.15) is 0 Å². The molecule has 110 valence electrons. The lowest BCUT2D eigenvalue weighted by atomic mass is 10.2. The van der Waals surface area contributed by atoms with Crippen molar-refractivity contribution in [3.05, 3.63) is 59.7 Å². The summed E-state index contributed by atoms with van der Waals surface area (Å²) in [7, 11) is 0. The van der Waals surface area contributed by atoms with Gasteiger partial charge in [-0.1, -0.05) is 18.2 Å². The molecule has 0 fully saturated rings. The van der Waals surface area contributed by atoms with E-state index in [1.54, 1.807) is 24.3 Å². The van der Waals surface area contributed by atoms with Gasteiger partial charge in [0.1, 0.15) is 12.4 Å². The number of para-hydroxylation sites is 2. The van der Waals surface area contributed by atoms with Gasteiger partial charge in [0.2, 0.25) is 0 Å². The van der Waals surface area contributed by atoms with Crippen LogP contribution in [0.5, 0.6) is 5.75 Å². The fourth-order valence-electron chi connectivity index (χ4n) is 1.71. The van der Waals surface area contributed by atoms with Crippen LogP contribution in [0.15, 0.2) is 42.5 Å². The number of hydrogen-bond acceptors (Lipinski definition) is 3. The summed E-state index contributed by atoms with van der Waals surface area (Å²) >= 11 is 0. The molecule has 0 unspecified atom stereocenters. The van der Waals surface area contributed by atoms with Gasteiger partial charge in [-0.15, -0.1) is 0 Å². The Morgan fingerprint density at radius 3 is 2.67 bits per heavy atom. The first-order chi connectivity index (χ1) is 10.1. The molecular weight excluding hydrogens is 278 g/mol. The number of halogens is 2. The number of rotatable bonds is 5. The van der Waals surface area contributed by atoms with Crippen LogP contribution in [0.3, 0.4) is 0 Å². The van der Waals surface area contributed by atoms with E-state index in [4.69, 9.17) is 10.5 Å². The molecule has 0 heterocycles. The molecule has 0 bridgehead atoms. The van der Waals surface area contributed by atoms with Crippen LogP contribution in [0.25, 0.3) is 0 Å². The highest BCUT2D eigenvalue weighted by atomic mass is 19.2. The van der Waals surface area contributed by atoms with Crippen LogP contribution in [0.1, 0.15) is 10.4 Å². The highest BCUT2D eigenvalue weighted by molar-refractivity contribution is 5.94. The van der Waals surface area contributed by atoms with Gasteiger partial charge < -0.3 is 15.8 Å². The maximum atomic E-state index is 13.4. The Hall–Kier alpha value is -2.63. The van der Waals surface area contributed by atoms with E-state index in [0.29, 0.717) is 11.4 Å². The van der Waals surface area contributed by atoms with E-state index in [2.05, 4.69) is 5.32 Å². The van der Waals surface area contributed by atoms with Crippen molar-refractivity contribution in [1.82, 2.24) is 5.32 Å². The topological polar surface area (TPSA) is 64.3 Å². The van der Waals surface area contributed by atoms with Gasteiger partial charge in [0.05, 0.1) is 17.8 Å². The lowest BCUT2D eigenvalue weighted by Crippen LogP contribution is -2.29. The van der Waals surface area contributed by atoms with Crippen LogP contribution >= 0.6 is 0 Å². The van der Waals surface area contributed by atoms with Crippen LogP contribution in [-0.2, 0) is 0 Å². The Morgan fingerprint density at radius 1 is 1.14 bits per heavy atom. The van der Waals surface area contributed by atoms with Gasteiger partial charge in [-0.3, -0.25) is 4.79 Å². The average molecular weight is 292 g/mol. The minimum atomic E-state index is -1.16. The third-order valence-corrected chi connectivity index (χ3v) is 2.76. The number of benzene rings is 2. The van der Waals surface area contributed by atoms with Crippen LogP contribution in [0.4, 0.5) is 14.5 Å². The normalized spacial score (nSPS) is 10.2. The first-order valence-corrected chi connectivity index (χ1v) is 6.29. The van der Waals surface area contributed by atoms with E-state index < -0.39 is 17.5 Å². The second-order valence-corrected chi connectivity index (χ2v) is 4.24. The second kappa shape index (κ2) is 6.69. The smallest absolute Gasteiger partial charge is 0.254 e. The van der Waals surface area contributed by atoms with E-state index in [1.165, 1.54) is 12.1 Å². The minimum absolute atomic E-state index is 0.142. The van der Waals surface area contributed by atoms with Gasteiger partial charge in [0, 0.05) is 0 Å². The molecule has 0 aliphatic heterocycles. The van der Waals surface area contributed by atoms with E-state index in [1.807, 2.05) is 0 Å². The fraction of sp³-hybridized carbons (Fsp3) is 0.133. The highest BCUT2D eigenvalue weighted by Crippen LogP contribution is 2.19. The lowest BCUT2D eigenvalue weighted by Gasteiger charge is -2.10. The zero-order valence-electron chi connectivity index (χ0n) is 11.1. The maximum absolute atomic E-state index is 13.4. The number of nitrogen functional groups attached to an aromatic ring is 1. The SMILES string of the molecule is Nc1ccccc1OCCNC(=O)c1cccc(F)c1F. The Bertz CT molecular complexity index is 647. The first-order valence-electron chi connectivity index (χ1n) is 6.29. The molecule has 0 aliphatic rings. The molecule has 2 rings (SSSR count). The standard InChI is InChI=1S/C15H14F2N2O2/c16-11-5-3-4-10(14(11)17)15(20)19-8-9-21-13-7-2-1-6-12(13)18/h1-7H,8-9,18H2,(H,19,20). The van der Waals surface area contributed by atoms with Crippen LogP contribution in [0.2, 0.25) is 0 Å². The van der Waals surface area contributed by atoms with E-state index in [0.717, 1.165) is 6.07 Å². The number of amides is 1. The molecule has 0 spiro atoms. The van der Waals surface area contributed by atoms with Crippen LogP contribution in [0, 0.1) is 11.6 Å². The van der Waals surface area contributed by atoms with Crippen molar-refractivity contribution < 1.29 is 18.3 Å². The van der Waals surface area contributed by atoms with Gasteiger partial charge in [0.25, 0.3) is 5.91 Å². The number of nitrogens with one attached hydrogen (secondary N) is 1. The summed E-state index contributed by atoms with van der Waals surface area (Å²) in [4.78, 5) is 11.7. The van der Waals surface area contributed by atoms with Crippen molar-refractivity contribution in [1.29, 1.82) is 0 Å². The summed E-state index contributed by atoms with van der Waals surface area (Å²) in [6.07, 6.45) is 0. The van der Waals surface area contributed by atoms with Gasteiger partial charge in [-0.25, -0.2) is 8.78 Å². The monoisotopic (exact) mass is 292 g/mol. The molecule has 0 saturated heterocycles. The summed E-state index contributed by atoms with van der Waals surface area (Å²) in [6.45, 7) is 0.306. The summed E-state index contributed by atoms with van der Waals surface area (Å²) in [5.74, 6) is -2.42. The van der Waals surface area contributed by atoms with Gasteiger partial charge in [0.15, 0.2) is 11.6 Å². The van der Waals surface area contributed by atoms with Crippen LogP contribution < -0.4 is 15.8 Å². The van der Waals surface area contributed by atoms with E-state index in [-0.39, 0.29) is 18.7 Å². The molecular formula is C15H14F2N2O2. The Balaban J connectivity index is 1.85. The molecule has 0 aliphatic carbocycles. The molecule has 3 N–H and O–H groups in total. The van der Waals surface area contributed by atoms with Crippen molar-refractivity contribution in [2.75, 3.05) is 18.9 Å². The van der Waals surface area contributed by atoms with Gasteiger partial charge >= 0.3 is 0 Å². The molecule has 2 aromatic rings. The van der Waals surface area contributed by atoms with Crippen molar-refractivity contribution >= 4 is 11.6 Å². The predicted molar refractivity (Wildman–Crippen MR) is 75.0 cm³/mol. The van der Waals surface area contributed by atoms with E-state index in [9.17, 15) is 13.6 Å². The van der Waals surface area contributed by atoms with Gasteiger partial charge in [-0.05, 0) is 24.3 Å². The third-order valence-electron chi connectivity index (χ3n) is 2.76. The summed E-state index contributed by atoms with van der Waals surface area (Å²) in [5, 5.41) is 2.45. The summed E-state index contributed by atoms with van der Waals surface area (Å²) in [5.41, 5.74) is 5.83. The first kappa shape index (κ1) is 14.8. The number of carbonyl (C=O) groups is 1. The number of anilines is 1. The second-order valence-electron chi connectivity index (χ2n) is 4.24. The number of carbonyl (C=O) groups excluding carboxylic acids is 1. The Morgan fingerprint density at radius 2 is 1.90 bits per heavy atom. The van der Waals surface area contributed by atoms with Crippen LogP contribution in [-0.4, -0.2) is 19.1 Å². The van der Waals surface area contributed by atoms with Crippen molar-refractivity contribution in [3.63, 3.8) is 0 Å². The van der Waals surface area contributed by atoms with E-state index >= 15 is 0 Å². The quantitative estimate of drug-likeness (QED) is 0.657. The van der Waals surface area contributed by atoms with Crippen molar-refractivity contribution in [3.8, 4) is 5.75 Å². The Labute approximate surface area is 120 Å². The minimum Gasteiger partial charge on any atom is -0.490 e. The summed E-state index contributed by atoms with van der Waals surface area (Å²) in [6, 6.07) is 10.4. The molecule has 6 heteroatoms. The molecule has 1 amide bonds. The maximum Gasteiger partial charge on any atom is 0.254 e. The highest BCUT2D eigenvalue weighted by Gasteiger charge is 2.14. The molecule has 0 saturated carbocycles. The molecule has 21 heavy (non-hydrogen) atoms. The number of hydrogen-bond donors (Lipinski definition) is 2. The molecule has 0 atom stereocenters. The largest absolute Gasteiger partial charge is 0.490 e. The predicted octanol–water partition coefficient (Wildman–Crippen LogP) is 2.36. The number of nitrogens with two attached hydrogens (primary N) is 1. The third kappa shape index (κ3) is 3.68. The zero-order chi connectivity index (χ0) is 15.2. The molecule has 0 aromatic heterocycles. The Kier molecular flexibility index (Phi) is 4.71. The fourth-order valence-corrected chi connectivity index (χ4v) is 1.71. The zero-order valence-corrected chi connectivity index (χ0v) is 11.1.